The first-order valence-electron chi connectivity index (χ1n) is 1.60. The summed E-state index contributed by atoms with van der Waals surface area (Å²) >= 11 is 0. The zero-order chi connectivity index (χ0) is 3.54. The Morgan fingerprint density at radius 1 is 1.43 bits per heavy atom. The van der Waals surface area contributed by atoms with Crippen molar-refractivity contribution in [2.45, 2.75) is 0 Å². The molecule has 7 heavy (non-hydrogen) atoms. The van der Waals surface area contributed by atoms with Crippen LogP contribution in [0, 0.1) is 0 Å². The lowest BCUT2D eigenvalue weighted by Crippen LogP contribution is -1.80. The molecule has 0 amide bonds. The highest BCUT2D eigenvalue weighted by Crippen LogP contribution is 1.78. The van der Waals surface area contributed by atoms with Gasteiger partial charge in [0.2, 0.25) is 0 Å². The average Bonchev–Trinajstić information content (AvgIpc) is 1.76. The van der Waals surface area contributed by atoms with E-state index in [1.54, 1.807) is 0 Å². The van der Waals surface area contributed by atoms with Crippen LogP contribution in [0.15, 0.2) is 4.99 Å². The molecule has 1 rings (SSSR count). The second kappa shape index (κ2) is 6.33. The van der Waals surface area contributed by atoms with Gasteiger partial charge in [-0.3, -0.25) is 4.99 Å². The Bertz CT molecular complexity index is 50.9. The minimum Gasteiger partial charge on any atom is -0.482 e. The van der Waals surface area contributed by atoms with Crippen LogP contribution in [0.4, 0.5) is 0 Å². The lowest BCUT2D eigenvalue weighted by molar-refractivity contribution is 0.361. The lowest BCUT2D eigenvalue weighted by Gasteiger charge is -1.76. The van der Waals surface area contributed by atoms with E-state index in [-0.39, 0.29) is 19.8 Å². The molecule has 2 nitrogen and oxygen atoms in total. The third-order valence-electron chi connectivity index (χ3n) is 0.487. The number of aliphatic imine (C=N–C) groups is 1. The zero-order valence-electron chi connectivity index (χ0n) is 4.26. The quantitative estimate of drug-likeness (QED) is 0.438. The Morgan fingerprint density at radius 2 is 2.14 bits per heavy atom. The molecule has 0 aromatic carbocycles. The maximum absolute atomic E-state index is 4.65. The average molecular weight is 139 g/mol. The van der Waals surface area contributed by atoms with Crippen molar-refractivity contribution >= 4 is 26.2 Å². The van der Waals surface area contributed by atoms with Crippen LogP contribution < -0.4 is 0 Å². The predicted molar refractivity (Wildman–Crippen MR) is 41.5 cm³/mol. The molecule has 0 aromatic heterocycles. The molecule has 0 saturated heterocycles. The maximum Gasteiger partial charge on any atom is 0.169 e. The van der Waals surface area contributed by atoms with Crippen LogP contribution in [0.25, 0.3) is 0 Å². The van der Waals surface area contributed by atoms with E-state index in [2.05, 4.69) is 9.73 Å². The summed E-state index contributed by atoms with van der Waals surface area (Å²) in [5.41, 5.74) is 0. The van der Waals surface area contributed by atoms with Gasteiger partial charge in [0.15, 0.2) is 6.40 Å². The van der Waals surface area contributed by atoms with Crippen LogP contribution in [0.5, 0.6) is 0 Å². The van der Waals surface area contributed by atoms with Crippen LogP contribution >= 0.6 is 19.8 Å². The molecular formula is C3H11NOP2. The normalized spacial score (nSPS) is 13.7. The summed E-state index contributed by atoms with van der Waals surface area (Å²) < 4.78 is 4.65. The highest BCUT2D eigenvalue weighted by Gasteiger charge is 1.84. The smallest absolute Gasteiger partial charge is 0.169 e. The lowest BCUT2D eigenvalue weighted by atomic mass is 10.8. The second-order valence-electron chi connectivity index (χ2n) is 0.882. The summed E-state index contributed by atoms with van der Waals surface area (Å²) in [5, 5.41) is 0. The van der Waals surface area contributed by atoms with Crippen molar-refractivity contribution in [1.29, 1.82) is 0 Å². The Hall–Kier alpha value is 0.330. The SMILES string of the molecule is C1=NCCO1.P.P. The van der Waals surface area contributed by atoms with Gasteiger partial charge >= 0.3 is 0 Å². The van der Waals surface area contributed by atoms with Crippen molar-refractivity contribution in [2.75, 3.05) is 13.2 Å². The van der Waals surface area contributed by atoms with Gasteiger partial charge in [-0.1, -0.05) is 0 Å². The summed E-state index contributed by atoms with van der Waals surface area (Å²) in [4.78, 5) is 3.74. The van der Waals surface area contributed by atoms with Crippen molar-refractivity contribution in [1.82, 2.24) is 0 Å². The van der Waals surface area contributed by atoms with Crippen molar-refractivity contribution in [3.8, 4) is 0 Å². The predicted octanol–water partition coefficient (Wildman–Crippen LogP) is 0.161. The molecule has 0 aliphatic carbocycles. The molecule has 0 saturated carbocycles. The van der Waals surface area contributed by atoms with Crippen molar-refractivity contribution in [3.05, 3.63) is 0 Å². The molecule has 0 radical (unpaired) electrons. The molecule has 0 spiro atoms. The maximum atomic E-state index is 4.65. The number of hydrogen-bond acceptors (Lipinski definition) is 2. The zero-order valence-corrected chi connectivity index (χ0v) is 7.09. The summed E-state index contributed by atoms with van der Waals surface area (Å²) in [5.74, 6) is 0. The Morgan fingerprint density at radius 3 is 2.29 bits per heavy atom. The molecule has 0 N–H and O–H groups in total. The van der Waals surface area contributed by atoms with Crippen LogP contribution in [0.2, 0.25) is 0 Å². The van der Waals surface area contributed by atoms with Gasteiger partial charge in [0, 0.05) is 0 Å². The van der Waals surface area contributed by atoms with E-state index in [4.69, 9.17) is 0 Å². The number of ether oxygens (including phenoxy) is 1. The van der Waals surface area contributed by atoms with Gasteiger partial charge in [-0.05, 0) is 0 Å². The summed E-state index contributed by atoms with van der Waals surface area (Å²) in [7, 11) is 0. The van der Waals surface area contributed by atoms with Crippen LogP contribution in [0.3, 0.4) is 0 Å². The Balaban J connectivity index is 0. The molecule has 4 heteroatoms. The molecule has 1 aliphatic rings. The number of nitrogens with zero attached hydrogens (tertiary/aromatic N) is 1. The van der Waals surface area contributed by atoms with Gasteiger partial charge < -0.3 is 4.74 Å². The molecule has 0 aromatic rings. The minimum absolute atomic E-state index is 0. The Labute approximate surface area is 50.0 Å². The first-order valence-corrected chi connectivity index (χ1v) is 1.60. The summed E-state index contributed by atoms with van der Waals surface area (Å²) in [6.07, 6.45) is 1.49. The van der Waals surface area contributed by atoms with Crippen LogP contribution in [0.1, 0.15) is 0 Å². The van der Waals surface area contributed by atoms with E-state index in [1.807, 2.05) is 0 Å². The van der Waals surface area contributed by atoms with E-state index in [1.165, 1.54) is 6.40 Å². The second-order valence-corrected chi connectivity index (χ2v) is 0.882. The number of rotatable bonds is 0. The van der Waals surface area contributed by atoms with E-state index in [0.717, 1.165) is 13.2 Å². The molecule has 2 atom stereocenters. The van der Waals surface area contributed by atoms with Gasteiger partial charge in [0.25, 0.3) is 0 Å². The molecule has 2 unspecified atom stereocenters. The third kappa shape index (κ3) is 4.18. The van der Waals surface area contributed by atoms with Crippen molar-refractivity contribution in [3.63, 3.8) is 0 Å². The fourth-order valence-corrected chi connectivity index (χ4v) is 0.264. The first kappa shape index (κ1) is 10.3. The Kier molecular flexibility index (Phi) is 9.35. The largest absolute Gasteiger partial charge is 0.482 e. The van der Waals surface area contributed by atoms with Gasteiger partial charge in [0.1, 0.15) is 6.61 Å². The van der Waals surface area contributed by atoms with Crippen molar-refractivity contribution < 1.29 is 4.74 Å². The topological polar surface area (TPSA) is 21.6 Å². The fourth-order valence-electron chi connectivity index (χ4n) is 0.264. The van der Waals surface area contributed by atoms with E-state index in [0.29, 0.717) is 0 Å². The fraction of sp³-hybridized carbons (Fsp3) is 0.667. The molecular weight excluding hydrogens is 128 g/mol. The van der Waals surface area contributed by atoms with Crippen LogP contribution in [-0.4, -0.2) is 19.6 Å². The van der Waals surface area contributed by atoms with Crippen molar-refractivity contribution in [2.24, 2.45) is 4.99 Å². The highest BCUT2D eigenvalue weighted by molar-refractivity contribution is 6.92. The standard InChI is InChI=1S/C3H5NO.2H3P/c1-2-5-3-4-1;;/h3H,1-2H2;2*1H3. The molecule has 1 heterocycles. The third-order valence-corrected chi connectivity index (χ3v) is 0.487. The van der Waals surface area contributed by atoms with Gasteiger partial charge in [-0.15, -0.1) is 0 Å². The highest BCUT2D eigenvalue weighted by atomic mass is 31.0. The number of hydrogen-bond donors (Lipinski definition) is 0. The summed E-state index contributed by atoms with van der Waals surface area (Å²) in [6.45, 7) is 1.62. The van der Waals surface area contributed by atoms with Gasteiger partial charge in [-0.25, -0.2) is 0 Å². The minimum atomic E-state index is 0. The first-order chi connectivity index (χ1) is 2.50. The monoisotopic (exact) mass is 139 g/mol. The van der Waals surface area contributed by atoms with E-state index >= 15 is 0 Å². The molecule has 44 valence electrons. The summed E-state index contributed by atoms with van der Waals surface area (Å²) in [6, 6.07) is 0. The molecule has 0 fully saturated rings. The molecule has 1 aliphatic heterocycles. The van der Waals surface area contributed by atoms with E-state index in [9.17, 15) is 0 Å². The van der Waals surface area contributed by atoms with Gasteiger partial charge in [-0.2, -0.15) is 19.8 Å². The molecule has 0 bridgehead atoms. The van der Waals surface area contributed by atoms with E-state index < -0.39 is 0 Å². The van der Waals surface area contributed by atoms with Gasteiger partial charge in [0.05, 0.1) is 6.54 Å². The van der Waals surface area contributed by atoms with Crippen LogP contribution in [-0.2, 0) is 4.74 Å².